The Morgan fingerprint density at radius 3 is 2.25 bits per heavy atom. The number of nitrogens with zero attached hydrogens (tertiary/aromatic N) is 5. The molecular weight excluding hydrogens is 250 g/mol. The van der Waals surface area contributed by atoms with E-state index in [9.17, 15) is 5.26 Å². The normalized spacial score (nSPS) is 10.7. The molecule has 0 atom stereocenters. The van der Waals surface area contributed by atoms with Gasteiger partial charge >= 0.3 is 0 Å². The van der Waals surface area contributed by atoms with Crippen molar-refractivity contribution in [2.24, 2.45) is 0 Å². The van der Waals surface area contributed by atoms with Crippen LogP contribution in [0.5, 0.6) is 0 Å². The smallest absolute Gasteiger partial charge is 0.169 e. The van der Waals surface area contributed by atoms with Crippen LogP contribution in [0, 0.1) is 11.3 Å². The Balaban J connectivity index is 2.97. The molecule has 0 aromatic carbocycles. The van der Waals surface area contributed by atoms with Crippen LogP contribution in [0.3, 0.4) is 0 Å². The van der Waals surface area contributed by atoms with Crippen molar-refractivity contribution in [2.45, 2.75) is 33.1 Å². The third-order valence-corrected chi connectivity index (χ3v) is 3.40. The summed E-state index contributed by atoms with van der Waals surface area (Å²) >= 11 is 0. The second kappa shape index (κ2) is 7.81. The van der Waals surface area contributed by atoms with Crippen LogP contribution in [0.15, 0.2) is 0 Å². The van der Waals surface area contributed by atoms with Crippen LogP contribution in [0.1, 0.15) is 37.1 Å². The molecule has 0 bridgehead atoms. The number of nitriles is 1. The Kier molecular flexibility index (Phi) is 6.40. The lowest BCUT2D eigenvalue weighted by atomic mass is 10.0. The zero-order valence-corrected chi connectivity index (χ0v) is 13.3. The maximum absolute atomic E-state index is 9.46. The van der Waals surface area contributed by atoms with Gasteiger partial charge in [0, 0.05) is 13.6 Å². The lowest BCUT2D eigenvalue weighted by Crippen LogP contribution is -2.25. The number of hydrogen-bond acceptors (Lipinski definition) is 5. The van der Waals surface area contributed by atoms with Gasteiger partial charge in [-0.1, -0.05) is 13.8 Å². The molecule has 0 saturated heterocycles. The van der Waals surface area contributed by atoms with Gasteiger partial charge in [0.25, 0.3) is 0 Å². The van der Waals surface area contributed by atoms with Crippen LogP contribution in [0.2, 0.25) is 0 Å². The second-order valence-corrected chi connectivity index (χ2v) is 5.22. The summed E-state index contributed by atoms with van der Waals surface area (Å²) in [5.74, 6) is 0.709. The average Bonchev–Trinajstić information content (AvgIpc) is 2.44. The Hall–Kier alpha value is -1.67. The lowest BCUT2D eigenvalue weighted by Gasteiger charge is -2.21. The van der Waals surface area contributed by atoms with E-state index >= 15 is 0 Å². The van der Waals surface area contributed by atoms with Gasteiger partial charge in [-0.15, -0.1) is 5.10 Å². The van der Waals surface area contributed by atoms with Gasteiger partial charge in [-0.2, -0.15) is 10.4 Å². The van der Waals surface area contributed by atoms with Crippen molar-refractivity contribution in [1.29, 1.82) is 5.26 Å². The molecule has 20 heavy (non-hydrogen) atoms. The van der Waals surface area contributed by atoms with E-state index in [4.69, 9.17) is 0 Å². The fourth-order valence-electron chi connectivity index (χ4n) is 2.28. The number of hydrogen-bond donors (Lipinski definition) is 0. The highest BCUT2D eigenvalue weighted by Gasteiger charge is 2.16. The first-order valence-electron chi connectivity index (χ1n) is 7.19. The third-order valence-electron chi connectivity index (χ3n) is 3.40. The van der Waals surface area contributed by atoms with E-state index in [-0.39, 0.29) is 0 Å². The molecule has 1 aromatic heterocycles. The van der Waals surface area contributed by atoms with Crippen molar-refractivity contribution in [2.75, 3.05) is 39.1 Å². The van der Waals surface area contributed by atoms with Gasteiger partial charge in [0.05, 0.1) is 5.69 Å². The monoisotopic (exact) mass is 275 g/mol. The molecule has 5 nitrogen and oxygen atoms in total. The van der Waals surface area contributed by atoms with Gasteiger partial charge in [0.15, 0.2) is 5.82 Å². The molecule has 0 spiro atoms. The van der Waals surface area contributed by atoms with Crippen LogP contribution >= 0.6 is 0 Å². The van der Waals surface area contributed by atoms with Crippen molar-refractivity contribution >= 4 is 5.82 Å². The molecule has 0 aliphatic heterocycles. The van der Waals surface area contributed by atoms with Crippen molar-refractivity contribution in [3.05, 3.63) is 16.8 Å². The first-order valence-corrected chi connectivity index (χ1v) is 7.19. The maximum atomic E-state index is 9.46. The first kappa shape index (κ1) is 16.4. The molecule has 1 aromatic rings. The minimum Gasteiger partial charge on any atom is -0.357 e. The van der Waals surface area contributed by atoms with Crippen molar-refractivity contribution in [3.8, 4) is 6.07 Å². The van der Waals surface area contributed by atoms with Gasteiger partial charge in [-0.05, 0) is 45.5 Å². The fraction of sp³-hybridized carbons (Fsp3) is 0.667. The SMILES string of the molecule is CCc1nnc(N(C)CCCN(C)C)c(C#N)c1CC. The molecule has 0 aliphatic rings. The van der Waals surface area contributed by atoms with E-state index in [1.807, 2.05) is 18.9 Å². The van der Waals surface area contributed by atoms with Crippen LogP contribution in [-0.4, -0.2) is 49.3 Å². The summed E-state index contributed by atoms with van der Waals surface area (Å²) in [6, 6.07) is 2.32. The van der Waals surface area contributed by atoms with Crippen LogP contribution in [0.4, 0.5) is 5.82 Å². The Morgan fingerprint density at radius 2 is 1.75 bits per heavy atom. The second-order valence-electron chi connectivity index (χ2n) is 5.22. The van der Waals surface area contributed by atoms with Gasteiger partial charge in [-0.3, -0.25) is 0 Å². The molecule has 1 rings (SSSR count). The van der Waals surface area contributed by atoms with Gasteiger partial charge < -0.3 is 9.80 Å². The number of aryl methyl sites for hydroxylation is 1. The molecule has 1 heterocycles. The molecule has 0 saturated carbocycles. The summed E-state index contributed by atoms with van der Waals surface area (Å²) in [5.41, 5.74) is 2.67. The van der Waals surface area contributed by atoms with E-state index < -0.39 is 0 Å². The Morgan fingerprint density at radius 1 is 1.05 bits per heavy atom. The zero-order chi connectivity index (χ0) is 15.1. The molecule has 0 amide bonds. The van der Waals surface area contributed by atoms with Crippen molar-refractivity contribution in [1.82, 2.24) is 15.1 Å². The molecule has 0 aliphatic carbocycles. The number of anilines is 1. The molecule has 5 heteroatoms. The Labute approximate surface area is 122 Å². The standard InChI is InChI=1S/C15H25N5/c1-6-12-13(11-16)15(18-17-14(12)7-2)20(5)10-8-9-19(3)4/h6-10H2,1-5H3. The van der Waals surface area contributed by atoms with E-state index in [1.54, 1.807) is 0 Å². The average molecular weight is 275 g/mol. The van der Waals surface area contributed by atoms with Crippen LogP contribution < -0.4 is 4.90 Å². The summed E-state index contributed by atoms with van der Waals surface area (Å²) in [6.07, 6.45) is 2.67. The highest BCUT2D eigenvalue weighted by atomic mass is 15.2. The molecule has 110 valence electrons. The van der Waals surface area contributed by atoms with Crippen LogP contribution in [-0.2, 0) is 12.8 Å². The van der Waals surface area contributed by atoms with Crippen molar-refractivity contribution < 1.29 is 0 Å². The predicted molar refractivity (Wildman–Crippen MR) is 81.9 cm³/mol. The Bertz CT molecular complexity index is 476. The minimum absolute atomic E-state index is 0.687. The summed E-state index contributed by atoms with van der Waals surface area (Å²) < 4.78 is 0. The number of aromatic nitrogens is 2. The summed E-state index contributed by atoms with van der Waals surface area (Å²) in [4.78, 5) is 4.19. The third kappa shape index (κ3) is 3.91. The molecule has 0 fully saturated rings. The maximum Gasteiger partial charge on any atom is 0.169 e. The summed E-state index contributed by atoms with van der Waals surface area (Å²) in [5, 5.41) is 18.0. The fourth-order valence-corrected chi connectivity index (χ4v) is 2.28. The molecular formula is C15H25N5. The first-order chi connectivity index (χ1) is 9.54. The van der Waals surface area contributed by atoms with Gasteiger partial charge in [0.2, 0.25) is 0 Å². The summed E-state index contributed by atoms with van der Waals surface area (Å²) in [6.45, 7) is 6.00. The van der Waals surface area contributed by atoms with E-state index in [2.05, 4.69) is 42.2 Å². The van der Waals surface area contributed by atoms with Crippen LogP contribution in [0.25, 0.3) is 0 Å². The predicted octanol–water partition coefficient (Wildman–Crippen LogP) is 1.86. The van der Waals surface area contributed by atoms with E-state index in [0.717, 1.165) is 43.6 Å². The lowest BCUT2D eigenvalue weighted by molar-refractivity contribution is 0.401. The summed E-state index contributed by atoms with van der Waals surface area (Å²) in [7, 11) is 6.10. The minimum atomic E-state index is 0.687. The quantitative estimate of drug-likeness (QED) is 0.760. The highest BCUT2D eigenvalue weighted by Crippen LogP contribution is 2.22. The van der Waals surface area contributed by atoms with Gasteiger partial charge in [0.1, 0.15) is 11.6 Å². The van der Waals surface area contributed by atoms with Crippen molar-refractivity contribution in [3.63, 3.8) is 0 Å². The van der Waals surface area contributed by atoms with Gasteiger partial charge in [-0.25, -0.2) is 0 Å². The largest absolute Gasteiger partial charge is 0.357 e. The van der Waals surface area contributed by atoms with E-state index in [1.165, 1.54) is 0 Å². The zero-order valence-electron chi connectivity index (χ0n) is 13.3. The van der Waals surface area contributed by atoms with E-state index in [0.29, 0.717) is 11.4 Å². The molecule has 0 radical (unpaired) electrons. The number of rotatable bonds is 7. The highest BCUT2D eigenvalue weighted by molar-refractivity contribution is 5.57. The molecule has 0 N–H and O–H groups in total. The molecule has 0 unspecified atom stereocenters. The topological polar surface area (TPSA) is 56.1 Å².